The lowest BCUT2D eigenvalue weighted by atomic mass is 9.99. The van der Waals surface area contributed by atoms with Gasteiger partial charge in [0.1, 0.15) is 5.82 Å². The van der Waals surface area contributed by atoms with Crippen molar-refractivity contribution in [3.63, 3.8) is 0 Å². The van der Waals surface area contributed by atoms with Crippen LogP contribution in [0.25, 0.3) is 0 Å². The highest BCUT2D eigenvalue weighted by Gasteiger charge is 2.37. The molecule has 1 saturated heterocycles. The average Bonchev–Trinajstić information content (AvgIpc) is 2.92. The van der Waals surface area contributed by atoms with Crippen molar-refractivity contribution in [3.8, 4) is 0 Å². The fraction of sp³-hybridized carbons (Fsp3) is 0.286. The van der Waals surface area contributed by atoms with Crippen molar-refractivity contribution in [1.29, 1.82) is 0 Å². The molecule has 0 saturated carbocycles. The minimum absolute atomic E-state index is 0.214. The molecule has 1 aliphatic heterocycles. The number of nitrogens with zero attached hydrogens (tertiary/aromatic N) is 6. The van der Waals surface area contributed by atoms with Crippen LogP contribution in [0.2, 0.25) is 5.02 Å². The van der Waals surface area contributed by atoms with Gasteiger partial charge in [0.05, 0.1) is 16.1 Å². The Morgan fingerprint density at radius 3 is 2.30 bits per heavy atom. The number of benzene rings is 2. The normalized spacial score (nSPS) is 15.2. The third-order valence-electron chi connectivity index (χ3n) is 6.57. The second kappa shape index (κ2) is 11.2. The number of pyridine rings is 1. The maximum Gasteiger partial charge on any atom is 0.416 e. The highest BCUT2D eigenvalue weighted by atomic mass is 35.5. The molecule has 8 nitrogen and oxygen atoms in total. The van der Waals surface area contributed by atoms with E-state index in [0.29, 0.717) is 48.8 Å². The zero-order valence-electron chi connectivity index (χ0n) is 22.0. The molecule has 4 aromatic rings. The van der Waals surface area contributed by atoms with Crippen LogP contribution in [0.4, 0.5) is 42.5 Å². The first-order valence-electron chi connectivity index (χ1n) is 12.7. The van der Waals surface area contributed by atoms with Crippen LogP contribution >= 0.6 is 11.6 Å². The SMILES string of the molecule is CC1(C)CN(c2ncccc2Cl)CCN1c1nc(NCc2ccccc2)nc(Nc2ccc(C(F)(F)F)cc2)n1. The van der Waals surface area contributed by atoms with Crippen LogP contribution in [0.1, 0.15) is 25.0 Å². The van der Waals surface area contributed by atoms with Gasteiger partial charge in [0.15, 0.2) is 0 Å². The van der Waals surface area contributed by atoms with E-state index in [4.69, 9.17) is 16.6 Å². The number of rotatable bonds is 7. The third kappa shape index (κ3) is 6.36. The van der Waals surface area contributed by atoms with Crippen LogP contribution < -0.4 is 20.4 Å². The molecule has 0 bridgehead atoms. The second-order valence-electron chi connectivity index (χ2n) is 10.0. The third-order valence-corrected chi connectivity index (χ3v) is 6.86. The summed E-state index contributed by atoms with van der Waals surface area (Å²) in [6.07, 6.45) is -2.70. The van der Waals surface area contributed by atoms with Crippen LogP contribution in [0, 0.1) is 0 Å². The van der Waals surface area contributed by atoms with Gasteiger partial charge in [-0.15, -0.1) is 0 Å². The summed E-state index contributed by atoms with van der Waals surface area (Å²) in [6.45, 7) is 6.49. The van der Waals surface area contributed by atoms with Crippen LogP contribution in [-0.2, 0) is 12.7 Å². The topological polar surface area (TPSA) is 82.1 Å². The van der Waals surface area contributed by atoms with Crippen LogP contribution in [0.3, 0.4) is 0 Å². The van der Waals surface area contributed by atoms with Crippen molar-refractivity contribution in [1.82, 2.24) is 19.9 Å². The fourth-order valence-electron chi connectivity index (χ4n) is 4.59. The van der Waals surface area contributed by atoms with Gasteiger partial charge in [-0.25, -0.2) is 4.98 Å². The molecule has 0 radical (unpaired) electrons. The average molecular weight is 569 g/mol. The first-order chi connectivity index (χ1) is 19.1. The molecule has 0 spiro atoms. The molecule has 0 aliphatic carbocycles. The van der Waals surface area contributed by atoms with Crippen LogP contribution in [-0.4, -0.2) is 45.1 Å². The first-order valence-corrected chi connectivity index (χ1v) is 13.1. The van der Waals surface area contributed by atoms with Crippen molar-refractivity contribution in [2.45, 2.75) is 32.1 Å². The lowest BCUT2D eigenvalue weighted by Gasteiger charge is -2.47. The number of alkyl halides is 3. The van der Waals surface area contributed by atoms with Gasteiger partial charge in [-0.2, -0.15) is 28.1 Å². The monoisotopic (exact) mass is 568 g/mol. The highest BCUT2D eigenvalue weighted by Crippen LogP contribution is 2.33. The summed E-state index contributed by atoms with van der Waals surface area (Å²) in [5, 5.41) is 6.87. The van der Waals surface area contributed by atoms with E-state index in [1.54, 1.807) is 12.3 Å². The Labute approximate surface area is 235 Å². The van der Waals surface area contributed by atoms with E-state index in [0.717, 1.165) is 23.5 Å². The number of halogens is 4. The number of nitrogens with one attached hydrogen (secondary N) is 2. The lowest BCUT2D eigenvalue weighted by molar-refractivity contribution is -0.137. The van der Waals surface area contributed by atoms with Crippen LogP contribution in [0.5, 0.6) is 0 Å². The molecular weight excluding hydrogens is 541 g/mol. The van der Waals surface area contributed by atoms with Gasteiger partial charge in [0.25, 0.3) is 0 Å². The smallest absolute Gasteiger partial charge is 0.351 e. The molecule has 1 aliphatic rings. The van der Waals surface area contributed by atoms with E-state index in [2.05, 4.69) is 49.2 Å². The zero-order chi connectivity index (χ0) is 28.3. The molecule has 5 rings (SSSR count). The van der Waals surface area contributed by atoms with Crippen molar-refractivity contribution >= 4 is 41.0 Å². The zero-order valence-corrected chi connectivity index (χ0v) is 22.7. The van der Waals surface area contributed by atoms with E-state index in [1.165, 1.54) is 12.1 Å². The van der Waals surface area contributed by atoms with E-state index in [1.807, 2.05) is 36.4 Å². The minimum atomic E-state index is -4.42. The summed E-state index contributed by atoms with van der Waals surface area (Å²) in [5.41, 5.74) is 0.325. The molecule has 2 N–H and O–H groups in total. The molecule has 0 unspecified atom stereocenters. The molecule has 0 amide bonds. The van der Waals surface area contributed by atoms with E-state index < -0.39 is 17.3 Å². The van der Waals surface area contributed by atoms with E-state index in [9.17, 15) is 13.2 Å². The Hall–Kier alpha value is -4.12. The summed E-state index contributed by atoms with van der Waals surface area (Å²) in [6, 6.07) is 18.2. The molecule has 1 fully saturated rings. The molecule has 208 valence electrons. The van der Waals surface area contributed by atoms with Gasteiger partial charge in [-0.1, -0.05) is 41.9 Å². The summed E-state index contributed by atoms with van der Waals surface area (Å²) in [7, 11) is 0. The standard InChI is InChI=1S/C28H28ClF3N8/c1-27(2)18-39(23-22(29)9-6-14-33-23)15-16-40(27)26-37-24(34-17-19-7-4-3-5-8-19)36-25(38-26)35-21-12-10-20(11-13-21)28(30,31)32/h3-14H,15-18H2,1-2H3,(H2,34,35,36,37,38). The largest absolute Gasteiger partial charge is 0.416 e. The lowest BCUT2D eigenvalue weighted by Crippen LogP contribution is -2.60. The summed E-state index contributed by atoms with van der Waals surface area (Å²) >= 11 is 6.41. The Kier molecular flexibility index (Phi) is 7.66. The van der Waals surface area contributed by atoms with Crippen LogP contribution in [0.15, 0.2) is 72.9 Å². The Bertz CT molecular complexity index is 1450. The Morgan fingerprint density at radius 1 is 0.900 bits per heavy atom. The molecular formula is C28H28ClF3N8. The van der Waals surface area contributed by atoms with Gasteiger partial charge in [0.2, 0.25) is 17.8 Å². The first kappa shape index (κ1) is 27.4. The molecule has 40 heavy (non-hydrogen) atoms. The molecule has 2 aromatic carbocycles. The van der Waals surface area contributed by atoms with Crippen molar-refractivity contribution in [2.75, 3.05) is 40.1 Å². The van der Waals surface area contributed by atoms with E-state index in [-0.39, 0.29) is 5.95 Å². The van der Waals surface area contributed by atoms with Gasteiger partial charge in [-0.05, 0) is 55.8 Å². The second-order valence-corrected chi connectivity index (χ2v) is 10.4. The predicted molar refractivity (Wildman–Crippen MR) is 151 cm³/mol. The minimum Gasteiger partial charge on any atom is -0.351 e. The summed E-state index contributed by atoms with van der Waals surface area (Å²) < 4.78 is 39.1. The number of hydrogen-bond donors (Lipinski definition) is 2. The van der Waals surface area contributed by atoms with Gasteiger partial charge in [-0.3, -0.25) is 0 Å². The number of piperazine rings is 1. The van der Waals surface area contributed by atoms with Crippen molar-refractivity contribution < 1.29 is 13.2 Å². The highest BCUT2D eigenvalue weighted by molar-refractivity contribution is 6.32. The molecule has 2 aromatic heterocycles. The number of aromatic nitrogens is 4. The van der Waals surface area contributed by atoms with Crippen molar-refractivity contribution in [3.05, 3.63) is 89.1 Å². The molecule has 0 atom stereocenters. The maximum absolute atomic E-state index is 13.0. The predicted octanol–water partition coefficient (Wildman–Crippen LogP) is 6.40. The summed E-state index contributed by atoms with van der Waals surface area (Å²) in [4.78, 5) is 22.6. The Balaban J connectivity index is 1.42. The van der Waals surface area contributed by atoms with Gasteiger partial charge < -0.3 is 20.4 Å². The fourth-order valence-corrected chi connectivity index (χ4v) is 4.83. The molecule has 3 heterocycles. The quantitative estimate of drug-likeness (QED) is 0.265. The molecule has 12 heteroatoms. The van der Waals surface area contributed by atoms with Gasteiger partial charge >= 0.3 is 6.18 Å². The number of anilines is 5. The summed E-state index contributed by atoms with van der Waals surface area (Å²) in [5.74, 6) is 1.72. The van der Waals surface area contributed by atoms with Gasteiger partial charge in [0, 0.05) is 38.1 Å². The Morgan fingerprint density at radius 2 is 1.62 bits per heavy atom. The maximum atomic E-state index is 13.0. The van der Waals surface area contributed by atoms with Crippen molar-refractivity contribution in [2.24, 2.45) is 0 Å². The number of hydrogen-bond acceptors (Lipinski definition) is 8. The van der Waals surface area contributed by atoms with E-state index >= 15 is 0 Å².